The van der Waals surface area contributed by atoms with Crippen molar-refractivity contribution in [3.05, 3.63) is 44.7 Å². The van der Waals surface area contributed by atoms with Crippen LogP contribution in [0.15, 0.2) is 34.2 Å². The SMILES string of the molecule is CC(C)(CNC(=O)c1cc(Br)cnc1N)c1cccs1. The van der Waals surface area contributed by atoms with Crippen LogP contribution in [0.1, 0.15) is 29.1 Å². The second-order valence-electron chi connectivity index (χ2n) is 5.13. The molecule has 0 saturated heterocycles. The summed E-state index contributed by atoms with van der Waals surface area (Å²) in [7, 11) is 0. The second kappa shape index (κ2) is 5.93. The maximum absolute atomic E-state index is 12.2. The van der Waals surface area contributed by atoms with Crippen LogP contribution in [0.25, 0.3) is 0 Å². The van der Waals surface area contributed by atoms with Gasteiger partial charge in [0.15, 0.2) is 0 Å². The number of rotatable bonds is 4. The predicted octanol–water partition coefficient (Wildman–Crippen LogP) is 3.20. The fourth-order valence-corrected chi connectivity index (χ4v) is 2.96. The number of nitrogen functional groups attached to an aromatic ring is 1. The monoisotopic (exact) mass is 353 g/mol. The Bertz CT molecular complexity index is 611. The normalized spacial score (nSPS) is 11.3. The molecule has 0 aliphatic carbocycles. The number of halogens is 1. The van der Waals surface area contributed by atoms with E-state index in [1.807, 2.05) is 11.4 Å². The molecule has 106 valence electrons. The molecule has 0 bridgehead atoms. The highest BCUT2D eigenvalue weighted by atomic mass is 79.9. The molecule has 0 atom stereocenters. The highest BCUT2D eigenvalue weighted by Crippen LogP contribution is 2.26. The fraction of sp³-hybridized carbons (Fsp3) is 0.286. The summed E-state index contributed by atoms with van der Waals surface area (Å²) in [6, 6.07) is 5.77. The van der Waals surface area contributed by atoms with Crippen LogP contribution in [-0.4, -0.2) is 17.4 Å². The Morgan fingerprint density at radius 3 is 2.95 bits per heavy atom. The van der Waals surface area contributed by atoms with Gasteiger partial charge in [0.05, 0.1) is 5.56 Å². The van der Waals surface area contributed by atoms with Gasteiger partial charge in [-0.25, -0.2) is 4.98 Å². The van der Waals surface area contributed by atoms with Crippen molar-refractivity contribution < 1.29 is 4.79 Å². The molecule has 2 heterocycles. The Morgan fingerprint density at radius 1 is 1.55 bits per heavy atom. The summed E-state index contributed by atoms with van der Waals surface area (Å²) in [4.78, 5) is 17.4. The zero-order valence-electron chi connectivity index (χ0n) is 11.3. The van der Waals surface area contributed by atoms with E-state index in [9.17, 15) is 4.79 Å². The summed E-state index contributed by atoms with van der Waals surface area (Å²) in [5.41, 5.74) is 6.01. The lowest BCUT2D eigenvalue weighted by Crippen LogP contribution is -2.36. The molecule has 0 spiro atoms. The van der Waals surface area contributed by atoms with E-state index in [0.717, 1.165) is 4.47 Å². The standard InChI is InChI=1S/C14H16BrN3OS/c1-14(2,11-4-3-5-20-11)8-18-13(19)10-6-9(15)7-17-12(10)16/h3-7H,8H2,1-2H3,(H2,16,17)(H,18,19). The van der Waals surface area contributed by atoms with Crippen LogP contribution in [-0.2, 0) is 5.41 Å². The zero-order chi connectivity index (χ0) is 14.8. The third kappa shape index (κ3) is 3.37. The number of carbonyl (C=O) groups is 1. The van der Waals surface area contributed by atoms with E-state index in [1.54, 1.807) is 23.6 Å². The van der Waals surface area contributed by atoms with Crippen LogP contribution in [0.3, 0.4) is 0 Å². The van der Waals surface area contributed by atoms with E-state index in [0.29, 0.717) is 12.1 Å². The minimum Gasteiger partial charge on any atom is -0.383 e. The molecule has 1 amide bonds. The van der Waals surface area contributed by atoms with Gasteiger partial charge in [0.1, 0.15) is 5.82 Å². The Kier molecular flexibility index (Phi) is 4.45. The largest absolute Gasteiger partial charge is 0.383 e. The molecule has 0 saturated carbocycles. The van der Waals surface area contributed by atoms with Crippen molar-refractivity contribution in [3.8, 4) is 0 Å². The van der Waals surface area contributed by atoms with Crippen LogP contribution in [0.2, 0.25) is 0 Å². The number of nitrogens with zero attached hydrogens (tertiary/aromatic N) is 1. The number of anilines is 1. The lowest BCUT2D eigenvalue weighted by Gasteiger charge is -2.23. The number of thiophene rings is 1. The smallest absolute Gasteiger partial charge is 0.255 e. The van der Waals surface area contributed by atoms with Crippen LogP contribution in [0.5, 0.6) is 0 Å². The van der Waals surface area contributed by atoms with Crippen molar-refractivity contribution in [1.82, 2.24) is 10.3 Å². The Morgan fingerprint density at radius 2 is 2.30 bits per heavy atom. The second-order valence-corrected chi connectivity index (χ2v) is 6.99. The summed E-state index contributed by atoms with van der Waals surface area (Å²) in [5, 5.41) is 4.96. The molecule has 2 aromatic heterocycles. The van der Waals surface area contributed by atoms with E-state index < -0.39 is 0 Å². The molecule has 0 aliphatic heterocycles. The number of nitrogens with two attached hydrogens (primary N) is 1. The van der Waals surface area contributed by atoms with E-state index in [1.165, 1.54) is 4.88 Å². The lowest BCUT2D eigenvalue weighted by molar-refractivity contribution is 0.0946. The summed E-state index contributed by atoms with van der Waals surface area (Å²) in [6.07, 6.45) is 1.57. The summed E-state index contributed by atoms with van der Waals surface area (Å²) in [5.74, 6) is 0.0283. The number of hydrogen-bond donors (Lipinski definition) is 2. The van der Waals surface area contributed by atoms with Crippen LogP contribution < -0.4 is 11.1 Å². The molecule has 4 nitrogen and oxygen atoms in total. The first-order valence-electron chi connectivity index (χ1n) is 6.13. The van der Waals surface area contributed by atoms with E-state index in [-0.39, 0.29) is 17.1 Å². The third-order valence-electron chi connectivity index (χ3n) is 3.01. The van der Waals surface area contributed by atoms with Gasteiger partial charge >= 0.3 is 0 Å². The van der Waals surface area contributed by atoms with E-state index >= 15 is 0 Å². The highest BCUT2D eigenvalue weighted by molar-refractivity contribution is 9.10. The molecule has 2 rings (SSSR count). The number of hydrogen-bond acceptors (Lipinski definition) is 4. The van der Waals surface area contributed by atoms with Gasteiger partial charge in [0.25, 0.3) is 5.91 Å². The molecule has 6 heteroatoms. The molecular formula is C14H16BrN3OS. The first-order valence-corrected chi connectivity index (χ1v) is 7.80. The fourth-order valence-electron chi connectivity index (χ4n) is 1.78. The van der Waals surface area contributed by atoms with Gasteiger partial charge in [-0.2, -0.15) is 0 Å². The Hall–Kier alpha value is -1.40. The summed E-state index contributed by atoms with van der Waals surface area (Å²) >= 11 is 4.98. The lowest BCUT2D eigenvalue weighted by atomic mass is 9.91. The molecule has 20 heavy (non-hydrogen) atoms. The molecule has 0 aromatic carbocycles. The predicted molar refractivity (Wildman–Crippen MR) is 86.0 cm³/mol. The minimum atomic E-state index is -0.207. The average Bonchev–Trinajstić information content (AvgIpc) is 2.93. The van der Waals surface area contributed by atoms with Gasteiger partial charge in [-0.3, -0.25) is 4.79 Å². The quantitative estimate of drug-likeness (QED) is 0.886. The summed E-state index contributed by atoms with van der Waals surface area (Å²) < 4.78 is 0.731. The Labute approximate surface area is 130 Å². The first kappa shape index (κ1) is 15.0. The Balaban J connectivity index is 2.07. The number of carbonyl (C=O) groups excluding carboxylic acids is 1. The van der Waals surface area contributed by atoms with Gasteiger partial charge in [-0.1, -0.05) is 19.9 Å². The molecule has 0 fully saturated rings. The topological polar surface area (TPSA) is 68.0 Å². The summed E-state index contributed by atoms with van der Waals surface area (Å²) in [6.45, 7) is 4.74. The van der Waals surface area contributed by atoms with Gasteiger partial charge in [0.2, 0.25) is 0 Å². The van der Waals surface area contributed by atoms with Crippen molar-refractivity contribution in [2.24, 2.45) is 0 Å². The van der Waals surface area contributed by atoms with Gasteiger partial charge in [-0.05, 0) is 33.4 Å². The van der Waals surface area contributed by atoms with Crippen molar-refractivity contribution in [2.75, 3.05) is 12.3 Å². The van der Waals surface area contributed by atoms with Crippen molar-refractivity contribution in [1.29, 1.82) is 0 Å². The van der Waals surface area contributed by atoms with Crippen molar-refractivity contribution >= 4 is 39.0 Å². The van der Waals surface area contributed by atoms with Gasteiger partial charge in [0, 0.05) is 27.5 Å². The number of nitrogens with one attached hydrogen (secondary N) is 1. The van der Waals surface area contributed by atoms with Gasteiger partial charge in [-0.15, -0.1) is 11.3 Å². The number of aromatic nitrogens is 1. The van der Waals surface area contributed by atoms with E-state index in [2.05, 4.69) is 46.1 Å². The van der Waals surface area contributed by atoms with Crippen molar-refractivity contribution in [2.45, 2.75) is 19.3 Å². The molecule has 2 aromatic rings. The first-order chi connectivity index (χ1) is 9.40. The van der Waals surface area contributed by atoms with Crippen LogP contribution in [0.4, 0.5) is 5.82 Å². The molecule has 0 radical (unpaired) electrons. The van der Waals surface area contributed by atoms with E-state index in [4.69, 9.17) is 5.73 Å². The number of amides is 1. The molecule has 3 N–H and O–H groups in total. The average molecular weight is 354 g/mol. The zero-order valence-corrected chi connectivity index (χ0v) is 13.7. The maximum atomic E-state index is 12.2. The number of pyridine rings is 1. The van der Waals surface area contributed by atoms with Crippen molar-refractivity contribution in [3.63, 3.8) is 0 Å². The maximum Gasteiger partial charge on any atom is 0.255 e. The minimum absolute atomic E-state index is 0.113. The third-order valence-corrected chi connectivity index (χ3v) is 4.68. The molecule has 0 unspecified atom stereocenters. The molecule has 0 aliphatic rings. The van der Waals surface area contributed by atoms with Crippen LogP contribution in [0, 0.1) is 0 Å². The molecular weight excluding hydrogens is 338 g/mol. The van der Waals surface area contributed by atoms with Gasteiger partial charge < -0.3 is 11.1 Å². The van der Waals surface area contributed by atoms with Crippen LogP contribution >= 0.6 is 27.3 Å². The highest BCUT2D eigenvalue weighted by Gasteiger charge is 2.23.